The minimum absolute atomic E-state index is 0.119. The minimum Gasteiger partial charge on any atom is -0.354 e. The monoisotopic (exact) mass is 398 g/mol. The molecule has 156 valence electrons. The van der Waals surface area contributed by atoms with E-state index in [1.165, 1.54) is 12.1 Å². The lowest BCUT2D eigenvalue weighted by Crippen LogP contribution is -2.50. The molecule has 0 radical (unpaired) electrons. The van der Waals surface area contributed by atoms with Crippen molar-refractivity contribution < 1.29 is 14.0 Å². The van der Waals surface area contributed by atoms with Crippen LogP contribution in [0.1, 0.15) is 43.9 Å². The number of hydrogen-bond donors (Lipinski definition) is 1. The lowest BCUT2D eigenvalue weighted by Gasteiger charge is -2.31. The Bertz CT molecular complexity index is 818. The first-order valence-corrected chi connectivity index (χ1v) is 10.2. The highest BCUT2D eigenvalue weighted by Gasteiger charge is 2.28. The van der Waals surface area contributed by atoms with Gasteiger partial charge < -0.3 is 10.2 Å². The number of amides is 2. The van der Waals surface area contributed by atoms with E-state index in [0.29, 0.717) is 18.9 Å². The summed E-state index contributed by atoms with van der Waals surface area (Å²) in [6.45, 7) is 8.76. The molecule has 1 unspecified atom stereocenters. The Kier molecular flexibility index (Phi) is 8.37. The number of benzene rings is 2. The van der Waals surface area contributed by atoms with Crippen molar-refractivity contribution in [1.82, 2.24) is 10.2 Å². The summed E-state index contributed by atoms with van der Waals surface area (Å²) >= 11 is 0. The molecule has 0 saturated carbocycles. The van der Waals surface area contributed by atoms with Crippen LogP contribution in [0, 0.1) is 18.7 Å². The lowest BCUT2D eigenvalue weighted by atomic mass is 10.0. The zero-order chi connectivity index (χ0) is 21.4. The zero-order valence-corrected chi connectivity index (χ0v) is 17.7. The predicted molar refractivity (Wildman–Crippen MR) is 114 cm³/mol. The molecule has 0 saturated heterocycles. The quantitative estimate of drug-likeness (QED) is 0.686. The average Bonchev–Trinajstić information content (AvgIpc) is 2.67. The van der Waals surface area contributed by atoms with E-state index in [1.54, 1.807) is 17.0 Å². The van der Waals surface area contributed by atoms with Crippen LogP contribution in [-0.2, 0) is 22.6 Å². The van der Waals surface area contributed by atoms with Crippen LogP contribution in [-0.4, -0.2) is 29.3 Å². The fourth-order valence-electron chi connectivity index (χ4n) is 3.23. The Hall–Kier alpha value is -2.69. The standard InChI is InChI=1S/C24H31FN2O2/c1-5-22(24(29)26-15-17(2)3)27(16-19-9-11-21(25)12-10-19)23(28)14-20-8-6-7-18(4)13-20/h6-13,17,22H,5,14-16H2,1-4H3,(H,26,29). The summed E-state index contributed by atoms with van der Waals surface area (Å²) in [6.07, 6.45) is 0.724. The Balaban J connectivity index is 2.25. The summed E-state index contributed by atoms with van der Waals surface area (Å²) in [6, 6.07) is 13.3. The van der Waals surface area contributed by atoms with Crippen LogP contribution in [0.2, 0.25) is 0 Å². The minimum atomic E-state index is -0.573. The van der Waals surface area contributed by atoms with Crippen LogP contribution >= 0.6 is 0 Å². The summed E-state index contributed by atoms with van der Waals surface area (Å²) < 4.78 is 13.3. The van der Waals surface area contributed by atoms with Gasteiger partial charge in [0.25, 0.3) is 0 Å². The molecule has 2 aromatic rings. The molecule has 2 rings (SSSR count). The topological polar surface area (TPSA) is 49.4 Å². The number of nitrogens with one attached hydrogen (secondary N) is 1. The van der Waals surface area contributed by atoms with E-state index in [1.807, 2.05) is 52.0 Å². The normalized spacial score (nSPS) is 11.9. The smallest absolute Gasteiger partial charge is 0.242 e. The highest BCUT2D eigenvalue weighted by molar-refractivity contribution is 5.88. The highest BCUT2D eigenvalue weighted by atomic mass is 19.1. The molecule has 2 aromatic carbocycles. The molecule has 4 nitrogen and oxygen atoms in total. The summed E-state index contributed by atoms with van der Waals surface area (Å²) in [5, 5.41) is 2.94. The van der Waals surface area contributed by atoms with Crippen LogP contribution in [0.15, 0.2) is 48.5 Å². The van der Waals surface area contributed by atoms with Crippen LogP contribution in [0.5, 0.6) is 0 Å². The van der Waals surface area contributed by atoms with Gasteiger partial charge in [0.2, 0.25) is 11.8 Å². The van der Waals surface area contributed by atoms with Gasteiger partial charge in [-0.3, -0.25) is 9.59 Å². The number of halogens is 1. The molecule has 1 N–H and O–H groups in total. The van der Waals surface area contributed by atoms with Crippen molar-refractivity contribution in [3.63, 3.8) is 0 Å². The molecule has 29 heavy (non-hydrogen) atoms. The summed E-state index contributed by atoms with van der Waals surface area (Å²) in [4.78, 5) is 27.6. The Morgan fingerprint density at radius 3 is 2.34 bits per heavy atom. The maximum absolute atomic E-state index is 13.3. The molecule has 0 aliphatic heterocycles. The van der Waals surface area contributed by atoms with Crippen molar-refractivity contribution in [2.75, 3.05) is 6.54 Å². The van der Waals surface area contributed by atoms with Crippen molar-refractivity contribution in [3.05, 3.63) is 71.0 Å². The average molecular weight is 399 g/mol. The van der Waals surface area contributed by atoms with Crippen LogP contribution in [0.3, 0.4) is 0 Å². The molecule has 0 heterocycles. The van der Waals surface area contributed by atoms with Gasteiger partial charge in [0.15, 0.2) is 0 Å². The Morgan fingerprint density at radius 1 is 1.07 bits per heavy atom. The second kappa shape index (κ2) is 10.7. The van der Waals surface area contributed by atoms with Gasteiger partial charge in [-0.05, 0) is 42.5 Å². The van der Waals surface area contributed by atoms with Crippen LogP contribution in [0.4, 0.5) is 4.39 Å². The lowest BCUT2D eigenvalue weighted by molar-refractivity contribution is -0.141. The van der Waals surface area contributed by atoms with Crippen molar-refractivity contribution >= 4 is 11.8 Å². The SMILES string of the molecule is CCC(C(=O)NCC(C)C)N(Cc1ccc(F)cc1)C(=O)Cc1cccc(C)c1. The number of rotatable bonds is 9. The van der Waals surface area contributed by atoms with Crippen molar-refractivity contribution in [3.8, 4) is 0 Å². The second-order valence-corrected chi connectivity index (χ2v) is 7.88. The Morgan fingerprint density at radius 2 is 1.76 bits per heavy atom. The number of aryl methyl sites for hydroxylation is 1. The number of carbonyl (C=O) groups is 2. The van der Waals surface area contributed by atoms with Gasteiger partial charge in [-0.25, -0.2) is 4.39 Å². The summed E-state index contributed by atoms with van der Waals surface area (Å²) in [5.74, 6) is -0.273. The van der Waals surface area contributed by atoms with Gasteiger partial charge in [0.1, 0.15) is 11.9 Å². The molecule has 0 aromatic heterocycles. The van der Waals surface area contributed by atoms with E-state index in [-0.39, 0.29) is 30.6 Å². The second-order valence-electron chi connectivity index (χ2n) is 7.88. The third-order valence-electron chi connectivity index (χ3n) is 4.77. The first kappa shape index (κ1) is 22.6. The third kappa shape index (κ3) is 7.00. The fourth-order valence-corrected chi connectivity index (χ4v) is 3.23. The van der Waals surface area contributed by atoms with Crippen molar-refractivity contribution in [2.45, 2.75) is 53.1 Å². The molecule has 0 aliphatic rings. The van der Waals surface area contributed by atoms with E-state index in [2.05, 4.69) is 5.32 Å². The summed E-state index contributed by atoms with van der Waals surface area (Å²) in [5.41, 5.74) is 2.79. The van der Waals surface area contributed by atoms with Crippen LogP contribution in [0.25, 0.3) is 0 Å². The fraction of sp³-hybridized carbons (Fsp3) is 0.417. The predicted octanol–water partition coefficient (Wildman–Crippen LogP) is 4.26. The summed E-state index contributed by atoms with van der Waals surface area (Å²) in [7, 11) is 0. The van der Waals surface area contributed by atoms with Crippen molar-refractivity contribution in [2.24, 2.45) is 5.92 Å². The van der Waals surface area contributed by atoms with E-state index < -0.39 is 6.04 Å². The number of hydrogen-bond acceptors (Lipinski definition) is 2. The van der Waals surface area contributed by atoms with Gasteiger partial charge in [0, 0.05) is 13.1 Å². The first-order valence-electron chi connectivity index (χ1n) is 10.2. The zero-order valence-electron chi connectivity index (χ0n) is 17.7. The van der Waals surface area contributed by atoms with E-state index in [4.69, 9.17) is 0 Å². The molecule has 0 aliphatic carbocycles. The number of carbonyl (C=O) groups excluding carboxylic acids is 2. The highest BCUT2D eigenvalue weighted by Crippen LogP contribution is 2.16. The van der Waals surface area contributed by atoms with E-state index in [9.17, 15) is 14.0 Å². The molecule has 1 atom stereocenters. The van der Waals surface area contributed by atoms with Crippen LogP contribution < -0.4 is 5.32 Å². The molecular weight excluding hydrogens is 367 g/mol. The Labute approximate surface area is 173 Å². The maximum atomic E-state index is 13.3. The van der Waals surface area contributed by atoms with Gasteiger partial charge in [-0.1, -0.05) is 62.7 Å². The first-order chi connectivity index (χ1) is 13.8. The molecule has 0 bridgehead atoms. The van der Waals surface area contributed by atoms with Gasteiger partial charge in [-0.2, -0.15) is 0 Å². The van der Waals surface area contributed by atoms with Crippen molar-refractivity contribution in [1.29, 1.82) is 0 Å². The maximum Gasteiger partial charge on any atom is 0.242 e. The van der Waals surface area contributed by atoms with E-state index in [0.717, 1.165) is 16.7 Å². The van der Waals surface area contributed by atoms with Gasteiger partial charge in [-0.15, -0.1) is 0 Å². The molecule has 2 amide bonds. The largest absolute Gasteiger partial charge is 0.354 e. The van der Waals surface area contributed by atoms with Gasteiger partial charge >= 0.3 is 0 Å². The van der Waals surface area contributed by atoms with E-state index >= 15 is 0 Å². The third-order valence-corrected chi connectivity index (χ3v) is 4.77. The molecule has 5 heteroatoms. The molecule has 0 spiro atoms. The number of nitrogens with zero attached hydrogens (tertiary/aromatic N) is 1. The molecule has 0 fully saturated rings. The molecular formula is C24H31FN2O2. The van der Waals surface area contributed by atoms with Gasteiger partial charge in [0.05, 0.1) is 6.42 Å².